The lowest BCUT2D eigenvalue weighted by Gasteiger charge is -2.25. The molecule has 2 N–H and O–H groups in total. The Hall–Kier alpha value is -2.47. The van der Waals surface area contributed by atoms with Gasteiger partial charge in [-0.3, -0.25) is 4.79 Å². The molecule has 1 heterocycles. The van der Waals surface area contributed by atoms with Crippen LogP contribution < -0.4 is 14.8 Å². The molecule has 2 aromatic carbocycles. The lowest BCUT2D eigenvalue weighted by Crippen LogP contribution is -2.35. The molecular weight excluding hydrogens is 466 g/mol. The maximum Gasteiger partial charge on any atom is 0.243 e. The SMILES string of the molecule is CCC(=O)Nc1cc(S(=O)(=O)NCc2ccc(S(=O)(=O)N3CCCCC3)cc2)ccc1OC. The first kappa shape index (κ1) is 25.2. The number of amides is 1. The fraction of sp³-hybridized carbons (Fsp3) is 0.409. The molecule has 3 rings (SSSR count). The van der Waals surface area contributed by atoms with E-state index in [1.165, 1.54) is 41.7 Å². The highest BCUT2D eigenvalue weighted by Gasteiger charge is 2.25. The van der Waals surface area contributed by atoms with E-state index in [2.05, 4.69) is 10.0 Å². The first-order valence-corrected chi connectivity index (χ1v) is 13.7. The highest BCUT2D eigenvalue weighted by atomic mass is 32.2. The summed E-state index contributed by atoms with van der Waals surface area (Å²) < 4.78 is 60.3. The summed E-state index contributed by atoms with van der Waals surface area (Å²) in [5.41, 5.74) is 0.878. The molecule has 0 saturated carbocycles. The van der Waals surface area contributed by atoms with Gasteiger partial charge in [0.25, 0.3) is 0 Å². The number of anilines is 1. The van der Waals surface area contributed by atoms with Crippen molar-refractivity contribution in [2.24, 2.45) is 0 Å². The van der Waals surface area contributed by atoms with Crippen LogP contribution in [0.1, 0.15) is 38.2 Å². The predicted octanol–water partition coefficient (Wildman–Crippen LogP) is 2.70. The van der Waals surface area contributed by atoms with E-state index in [1.807, 2.05) is 0 Å². The summed E-state index contributed by atoms with van der Waals surface area (Å²) >= 11 is 0. The lowest BCUT2D eigenvalue weighted by atomic mass is 10.2. The number of rotatable bonds is 9. The second-order valence-corrected chi connectivity index (χ2v) is 11.4. The average molecular weight is 496 g/mol. The van der Waals surface area contributed by atoms with E-state index in [-0.39, 0.29) is 34.4 Å². The van der Waals surface area contributed by atoms with Crippen molar-refractivity contribution in [3.8, 4) is 5.75 Å². The molecule has 1 aliphatic rings. The Morgan fingerprint density at radius 1 is 0.970 bits per heavy atom. The van der Waals surface area contributed by atoms with Crippen LogP contribution in [0.5, 0.6) is 5.75 Å². The minimum atomic E-state index is -3.89. The van der Waals surface area contributed by atoms with Crippen LogP contribution >= 0.6 is 0 Å². The number of piperidine rings is 1. The Morgan fingerprint density at radius 2 is 1.61 bits per heavy atom. The highest BCUT2D eigenvalue weighted by molar-refractivity contribution is 7.89. The minimum absolute atomic E-state index is 0.0188. The molecule has 9 nitrogen and oxygen atoms in total. The van der Waals surface area contributed by atoms with Crippen molar-refractivity contribution in [2.45, 2.75) is 48.9 Å². The molecular formula is C22H29N3O6S2. The van der Waals surface area contributed by atoms with Gasteiger partial charge in [-0.2, -0.15) is 4.31 Å². The van der Waals surface area contributed by atoms with E-state index in [9.17, 15) is 21.6 Å². The third-order valence-electron chi connectivity index (χ3n) is 5.42. The van der Waals surface area contributed by atoms with Gasteiger partial charge < -0.3 is 10.1 Å². The van der Waals surface area contributed by atoms with Gasteiger partial charge >= 0.3 is 0 Å². The number of sulfonamides is 2. The number of methoxy groups -OCH3 is 1. The monoisotopic (exact) mass is 495 g/mol. The molecule has 0 aliphatic carbocycles. The number of hydrogen-bond donors (Lipinski definition) is 2. The molecule has 0 radical (unpaired) electrons. The molecule has 0 atom stereocenters. The molecule has 1 aliphatic heterocycles. The van der Waals surface area contributed by atoms with E-state index in [1.54, 1.807) is 19.1 Å². The smallest absolute Gasteiger partial charge is 0.243 e. The zero-order chi connectivity index (χ0) is 24.1. The van der Waals surface area contributed by atoms with Crippen LogP contribution in [0, 0.1) is 0 Å². The van der Waals surface area contributed by atoms with Gasteiger partial charge in [-0.15, -0.1) is 0 Å². The number of hydrogen-bond acceptors (Lipinski definition) is 6. The molecule has 0 aromatic heterocycles. The third-order valence-corrected chi connectivity index (χ3v) is 8.73. The van der Waals surface area contributed by atoms with Crippen LogP contribution in [0.25, 0.3) is 0 Å². The first-order valence-electron chi connectivity index (χ1n) is 10.7. The summed E-state index contributed by atoms with van der Waals surface area (Å²) in [6.07, 6.45) is 2.98. The number of carbonyl (C=O) groups excluding carboxylic acids is 1. The molecule has 1 amide bonds. The molecule has 33 heavy (non-hydrogen) atoms. The lowest BCUT2D eigenvalue weighted by molar-refractivity contribution is -0.115. The van der Waals surface area contributed by atoms with Gasteiger partial charge in [0.1, 0.15) is 5.75 Å². The van der Waals surface area contributed by atoms with Crippen molar-refractivity contribution in [1.29, 1.82) is 0 Å². The quantitative estimate of drug-likeness (QED) is 0.552. The van der Waals surface area contributed by atoms with Crippen molar-refractivity contribution in [2.75, 3.05) is 25.5 Å². The maximum absolute atomic E-state index is 12.8. The van der Waals surface area contributed by atoms with Gasteiger partial charge in [-0.25, -0.2) is 21.6 Å². The predicted molar refractivity (Wildman–Crippen MR) is 125 cm³/mol. The van der Waals surface area contributed by atoms with Crippen LogP contribution in [0.2, 0.25) is 0 Å². The van der Waals surface area contributed by atoms with Gasteiger partial charge in [-0.05, 0) is 48.7 Å². The van der Waals surface area contributed by atoms with E-state index in [0.29, 0.717) is 24.4 Å². The summed E-state index contributed by atoms with van der Waals surface area (Å²) in [6, 6.07) is 10.4. The molecule has 2 aromatic rings. The van der Waals surface area contributed by atoms with Gasteiger partial charge in [0.15, 0.2) is 0 Å². The standard InChI is InChI=1S/C22H29N3O6S2/c1-3-22(26)24-20-15-19(11-12-21(20)31-2)32(27,28)23-16-17-7-9-18(10-8-17)33(29,30)25-13-5-4-6-14-25/h7-12,15,23H,3-6,13-14,16H2,1-2H3,(H,24,26). The molecule has 1 fully saturated rings. The van der Waals surface area contributed by atoms with Crippen LogP contribution in [0.3, 0.4) is 0 Å². The number of nitrogens with zero attached hydrogens (tertiary/aromatic N) is 1. The summed E-state index contributed by atoms with van der Waals surface area (Å²) in [5, 5.41) is 2.63. The van der Waals surface area contributed by atoms with E-state index >= 15 is 0 Å². The van der Waals surface area contributed by atoms with Gasteiger partial charge in [0.05, 0.1) is 22.6 Å². The Balaban J connectivity index is 1.71. The second-order valence-electron chi connectivity index (χ2n) is 7.70. The maximum atomic E-state index is 12.8. The Labute approximate surface area is 195 Å². The largest absolute Gasteiger partial charge is 0.495 e. The van der Waals surface area contributed by atoms with Crippen molar-refractivity contribution >= 4 is 31.6 Å². The van der Waals surface area contributed by atoms with Crippen molar-refractivity contribution in [3.63, 3.8) is 0 Å². The summed E-state index contributed by atoms with van der Waals surface area (Å²) in [4.78, 5) is 11.9. The van der Waals surface area contributed by atoms with Crippen molar-refractivity contribution in [1.82, 2.24) is 9.03 Å². The average Bonchev–Trinajstić information content (AvgIpc) is 2.83. The number of benzene rings is 2. The van der Waals surface area contributed by atoms with Crippen LogP contribution in [0.4, 0.5) is 5.69 Å². The van der Waals surface area contributed by atoms with Crippen LogP contribution in [-0.2, 0) is 31.4 Å². The Bertz CT molecular complexity index is 1190. The van der Waals surface area contributed by atoms with Crippen LogP contribution in [-0.4, -0.2) is 47.2 Å². The van der Waals surface area contributed by atoms with E-state index < -0.39 is 20.0 Å². The van der Waals surface area contributed by atoms with Gasteiger partial charge in [-0.1, -0.05) is 25.5 Å². The highest BCUT2D eigenvalue weighted by Crippen LogP contribution is 2.28. The molecule has 180 valence electrons. The fourth-order valence-electron chi connectivity index (χ4n) is 3.49. The number of ether oxygens (including phenoxy) is 1. The zero-order valence-electron chi connectivity index (χ0n) is 18.7. The van der Waals surface area contributed by atoms with Crippen molar-refractivity contribution < 1.29 is 26.4 Å². The Morgan fingerprint density at radius 3 is 2.21 bits per heavy atom. The summed E-state index contributed by atoms with van der Waals surface area (Å²) in [7, 11) is -6.00. The fourth-order valence-corrected chi connectivity index (χ4v) is 6.05. The third kappa shape index (κ3) is 6.11. The molecule has 0 unspecified atom stereocenters. The number of carbonyl (C=O) groups is 1. The summed E-state index contributed by atoms with van der Waals surface area (Å²) in [5.74, 6) is 0.0802. The molecule has 0 bridgehead atoms. The van der Waals surface area contributed by atoms with Crippen molar-refractivity contribution in [3.05, 3.63) is 48.0 Å². The van der Waals surface area contributed by atoms with Gasteiger partial charge in [0.2, 0.25) is 26.0 Å². The molecule has 11 heteroatoms. The molecule has 1 saturated heterocycles. The van der Waals surface area contributed by atoms with E-state index in [4.69, 9.17) is 4.74 Å². The van der Waals surface area contributed by atoms with E-state index in [0.717, 1.165) is 19.3 Å². The second kappa shape index (κ2) is 10.6. The molecule has 0 spiro atoms. The normalized spacial score (nSPS) is 15.2. The minimum Gasteiger partial charge on any atom is -0.495 e. The number of nitrogens with one attached hydrogen (secondary N) is 2. The topological polar surface area (TPSA) is 122 Å². The van der Waals surface area contributed by atoms with Gasteiger partial charge in [0, 0.05) is 26.1 Å². The first-order chi connectivity index (χ1) is 15.7. The van der Waals surface area contributed by atoms with Crippen LogP contribution in [0.15, 0.2) is 52.3 Å². The zero-order valence-corrected chi connectivity index (χ0v) is 20.3. The Kier molecular flexibility index (Phi) is 8.11. The summed E-state index contributed by atoms with van der Waals surface area (Å²) in [6.45, 7) is 2.71.